The Morgan fingerprint density at radius 3 is 2.81 bits per heavy atom. The number of ether oxygens (including phenoxy) is 1. The van der Waals surface area contributed by atoms with Gasteiger partial charge >= 0.3 is 0 Å². The molecule has 0 aliphatic heterocycles. The van der Waals surface area contributed by atoms with Crippen LogP contribution < -0.4 is 15.4 Å². The lowest BCUT2D eigenvalue weighted by atomic mass is 10.3. The molecule has 88 valence electrons. The molecule has 1 aromatic rings. The summed E-state index contributed by atoms with van der Waals surface area (Å²) >= 11 is 3.36. The first-order valence-electron chi connectivity index (χ1n) is 5.01. The normalized spacial score (nSPS) is 9.94. The number of benzene rings is 1. The molecule has 2 N–H and O–H groups in total. The van der Waals surface area contributed by atoms with Crippen LogP contribution in [0.2, 0.25) is 0 Å². The van der Waals surface area contributed by atoms with Crippen molar-refractivity contribution in [2.24, 2.45) is 0 Å². The van der Waals surface area contributed by atoms with Gasteiger partial charge in [0.15, 0.2) is 0 Å². The molecule has 0 bridgehead atoms. The van der Waals surface area contributed by atoms with E-state index in [1.807, 2.05) is 13.0 Å². The van der Waals surface area contributed by atoms with Gasteiger partial charge in [0.2, 0.25) is 5.91 Å². The minimum absolute atomic E-state index is 0.0566. The molecule has 0 aliphatic rings. The third-order valence-electron chi connectivity index (χ3n) is 1.97. The molecule has 0 heterocycles. The summed E-state index contributed by atoms with van der Waals surface area (Å²) in [5, 5.41) is 5.74. The summed E-state index contributed by atoms with van der Waals surface area (Å²) in [6.07, 6.45) is 0. The Hall–Kier alpha value is -1.07. The summed E-state index contributed by atoms with van der Waals surface area (Å²) < 4.78 is 5.91. The van der Waals surface area contributed by atoms with Crippen LogP contribution in [0.15, 0.2) is 22.7 Å². The summed E-state index contributed by atoms with van der Waals surface area (Å²) in [6, 6.07) is 5.41. The van der Waals surface area contributed by atoms with Crippen LogP contribution in [-0.4, -0.2) is 26.1 Å². The highest BCUT2D eigenvalue weighted by atomic mass is 79.9. The lowest BCUT2D eigenvalue weighted by molar-refractivity contribution is -0.115. The van der Waals surface area contributed by atoms with Gasteiger partial charge in [-0.05, 0) is 40.7 Å². The zero-order valence-electron chi connectivity index (χ0n) is 9.34. The fraction of sp³-hybridized carbons (Fsp3) is 0.364. The number of carbonyl (C=O) groups is 1. The largest absolute Gasteiger partial charge is 0.496 e. The van der Waals surface area contributed by atoms with E-state index in [1.165, 1.54) is 0 Å². The molecule has 0 radical (unpaired) electrons. The van der Waals surface area contributed by atoms with Gasteiger partial charge in [0, 0.05) is 5.69 Å². The van der Waals surface area contributed by atoms with Crippen LogP contribution >= 0.6 is 15.9 Å². The van der Waals surface area contributed by atoms with Gasteiger partial charge in [0.05, 0.1) is 18.1 Å². The Bertz CT molecular complexity index is 369. The average Bonchev–Trinajstić information content (AvgIpc) is 2.26. The van der Waals surface area contributed by atoms with Crippen molar-refractivity contribution in [1.29, 1.82) is 0 Å². The quantitative estimate of drug-likeness (QED) is 0.871. The first-order valence-corrected chi connectivity index (χ1v) is 5.80. The monoisotopic (exact) mass is 286 g/mol. The predicted octanol–water partition coefficient (Wildman–Crippen LogP) is 2.01. The van der Waals surface area contributed by atoms with E-state index in [0.717, 1.165) is 22.5 Å². The van der Waals surface area contributed by atoms with E-state index in [0.29, 0.717) is 6.54 Å². The molecule has 0 unspecified atom stereocenters. The zero-order chi connectivity index (χ0) is 12.0. The number of rotatable bonds is 5. The molecular formula is C11H15BrN2O2. The van der Waals surface area contributed by atoms with Gasteiger partial charge in [0.1, 0.15) is 5.75 Å². The van der Waals surface area contributed by atoms with Crippen LogP contribution in [0.5, 0.6) is 5.75 Å². The number of likely N-dealkylation sites (N-methyl/N-ethyl adjacent to an activating group) is 1. The van der Waals surface area contributed by atoms with E-state index in [1.54, 1.807) is 19.2 Å². The van der Waals surface area contributed by atoms with Crippen molar-refractivity contribution in [2.75, 3.05) is 25.5 Å². The summed E-state index contributed by atoms with van der Waals surface area (Å²) in [5.41, 5.74) is 0.746. The van der Waals surface area contributed by atoms with Crippen molar-refractivity contribution in [1.82, 2.24) is 5.32 Å². The van der Waals surface area contributed by atoms with Crippen molar-refractivity contribution < 1.29 is 9.53 Å². The minimum Gasteiger partial charge on any atom is -0.496 e. The SMILES string of the molecule is CCNCC(=O)Nc1ccc(OC)c(Br)c1. The summed E-state index contributed by atoms with van der Waals surface area (Å²) in [4.78, 5) is 11.4. The van der Waals surface area contributed by atoms with Crippen molar-refractivity contribution >= 4 is 27.5 Å². The molecular weight excluding hydrogens is 272 g/mol. The van der Waals surface area contributed by atoms with E-state index in [-0.39, 0.29) is 5.91 Å². The van der Waals surface area contributed by atoms with Gasteiger partial charge in [-0.3, -0.25) is 4.79 Å². The molecule has 4 nitrogen and oxygen atoms in total. The Morgan fingerprint density at radius 1 is 1.50 bits per heavy atom. The second kappa shape index (κ2) is 6.50. The fourth-order valence-corrected chi connectivity index (χ4v) is 1.73. The molecule has 0 fully saturated rings. The van der Waals surface area contributed by atoms with Crippen molar-refractivity contribution in [3.8, 4) is 5.75 Å². The van der Waals surface area contributed by atoms with E-state index in [4.69, 9.17) is 4.74 Å². The maximum atomic E-state index is 11.4. The number of anilines is 1. The molecule has 0 spiro atoms. The molecule has 16 heavy (non-hydrogen) atoms. The van der Waals surface area contributed by atoms with Crippen molar-refractivity contribution in [3.05, 3.63) is 22.7 Å². The van der Waals surface area contributed by atoms with Crippen LogP contribution in [0.3, 0.4) is 0 Å². The minimum atomic E-state index is -0.0566. The average molecular weight is 287 g/mol. The third kappa shape index (κ3) is 3.83. The standard InChI is InChI=1S/C11H15BrN2O2/c1-3-13-7-11(15)14-8-4-5-10(16-2)9(12)6-8/h4-6,13H,3,7H2,1-2H3,(H,14,15). The van der Waals surface area contributed by atoms with Crippen LogP contribution in [0.1, 0.15) is 6.92 Å². The molecule has 0 aliphatic carbocycles. The topological polar surface area (TPSA) is 50.4 Å². The van der Waals surface area contributed by atoms with Gasteiger partial charge in [-0.1, -0.05) is 6.92 Å². The zero-order valence-corrected chi connectivity index (χ0v) is 10.9. The number of carbonyl (C=O) groups excluding carboxylic acids is 1. The highest BCUT2D eigenvalue weighted by molar-refractivity contribution is 9.10. The van der Waals surface area contributed by atoms with Crippen LogP contribution in [-0.2, 0) is 4.79 Å². The van der Waals surface area contributed by atoms with Crippen molar-refractivity contribution in [3.63, 3.8) is 0 Å². The number of hydrogen-bond acceptors (Lipinski definition) is 3. The van der Waals surface area contributed by atoms with Gasteiger partial charge in [0.25, 0.3) is 0 Å². The van der Waals surface area contributed by atoms with Gasteiger partial charge in [-0.15, -0.1) is 0 Å². The van der Waals surface area contributed by atoms with Gasteiger partial charge in [-0.25, -0.2) is 0 Å². The smallest absolute Gasteiger partial charge is 0.238 e. The summed E-state index contributed by atoms with van der Waals surface area (Å²) in [5.74, 6) is 0.684. The number of methoxy groups -OCH3 is 1. The summed E-state index contributed by atoms with van der Waals surface area (Å²) in [6.45, 7) is 3.05. The van der Waals surface area contributed by atoms with E-state index in [2.05, 4.69) is 26.6 Å². The molecule has 0 saturated carbocycles. The number of nitrogens with one attached hydrogen (secondary N) is 2. The number of halogens is 1. The highest BCUT2D eigenvalue weighted by Gasteiger charge is 2.04. The van der Waals surface area contributed by atoms with E-state index >= 15 is 0 Å². The van der Waals surface area contributed by atoms with Crippen LogP contribution in [0.4, 0.5) is 5.69 Å². The molecule has 1 rings (SSSR count). The fourth-order valence-electron chi connectivity index (χ4n) is 1.19. The molecule has 5 heteroatoms. The van der Waals surface area contributed by atoms with E-state index in [9.17, 15) is 4.79 Å². The van der Waals surface area contributed by atoms with E-state index < -0.39 is 0 Å². The number of hydrogen-bond donors (Lipinski definition) is 2. The molecule has 0 aromatic heterocycles. The first kappa shape index (κ1) is 13.0. The molecule has 1 amide bonds. The van der Waals surface area contributed by atoms with Gasteiger partial charge < -0.3 is 15.4 Å². The van der Waals surface area contributed by atoms with Crippen LogP contribution in [0.25, 0.3) is 0 Å². The first-order chi connectivity index (χ1) is 7.67. The van der Waals surface area contributed by atoms with Crippen LogP contribution in [0, 0.1) is 0 Å². The van der Waals surface area contributed by atoms with Crippen molar-refractivity contribution in [2.45, 2.75) is 6.92 Å². The Balaban J connectivity index is 2.61. The maximum Gasteiger partial charge on any atom is 0.238 e. The Kier molecular flexibility index (Phi) is 5.28. The molecule has 0 atom stereocenters. The second-order valence-electron chi connectivity index (χ2n) is 3.18. The van der Waals surface area contributed by atoms with Gasteiger partial charge in [-0.2, -0.15) is 0 Å². The lowest BCUT2D eigenvalue weighted by Gasteiger charge is -2.08. The highest BCUT2D eigenvalue weighted by Crippen LogP contribution is 2.27. The Morgan fingerprint density at radius 2 is 2.25 bits per heavy atom. The summed E-state index contributed by atoms with van der Waals surface area (Å²) in [7, 11) is 1.60. The molecule has 0 saturated heterocycles. The maximum absolute atomic E-state index is 11.4. The second-order valence-corrected chi connectivity index (χ2v) is 4.03. The third-order valence-corrected chi connectivity index (χ3v) is 2.59. The molecule has 1 aromatic carbocycles. The Labute approximate surface area is 103 Å². The predicted molar refractivity (Wildman–Crippen MR) is 67.9 cm³/mol. The lowest BCUT2D eigenvalue weighted by Crippen LogP contribution is -2.27. The number of amides is 1.